The summed E-state index contributed by atoms with van der Waals surface area (Å²) in [7, 11) is 0. The Bertz CT molecular complexity index is 736. The highest BCUT2D eigenvalue weighted by Gasteiger charge is 2.30. The fourth-order valence-electron chi connectivity index (χ4n) is 2.12. The van der Waals surface area contributed by atoms with E-state index in [1.54, 1.807) is 0 Å². The summed E-state index contributed by atoms with van der Waals surface area (Å²) >= 11 is 11.8. The standard InChI is InChI=1S/C16H13Cl2F3N2O.ClH/c17-11-3-6-13(14(18)9-11)15(24)23(8-7-22)12-4-1-10(2-5-12)16(19,20)21;/h1-6,9H,7-8,22H2;1H. The molecule has 0 aliphatic heterocycles. The number of nitrogens with two attached hydrogens (primary N) is 1. The maximum atomic E-state index is 12.7. The predicted molar refractivity (Wildman–Crippen MR) is 95.9 cm³/mol. The molecule has 0 unspecified atom stereocenters. The van der Waals surface area contributed by atoms with Crippen molar-refractivity contribution in [3.05, 3.63) is 63.6 Å². The third-order valence-corrected chi connectivity index (χ3v) is 3.81. The highest BCUT2D eigenvalue weighted by atomic mass is 35.5. The molecule has 136 valence electrons. The van der Waals surface area contributed by atoms with Crippen LogP contribution in [-0.2, 0) is 6.18 Å². The van der Waals surface area contributed by atoms with Crippen molar-refractivity contribution in [2.45, 2.75) is 6.18 Å². The molecule has 0 atom stereocenters. The molecule has 0 heterocycles. The van der Waals surface area contributed by atoms with Crippen LogP contribution in [0.3, 0.4) is 0 Å². The van der Waals surface area contributed by atoms with E-state index in [9.17, 15) is 18.0 Å². The molecule has 25 heavy (non-hydrogen) atoms. The molecule has 9 heteroatoms. The van der Waals surface area contributed by atoms with Gasteiger partial charge in [-0.15, -0.1) is 12.4 Å². The van der Waals surface area contributed by atoms with Crippen molar-refractivity contribution in [2.75, 3.05) is 18.0 Å². The number of hydrogen-bond donors (Lipinski definition) is 1. The Labute approximate surface area is 158 Å². The van der Waals surface area contributed by atoms with E-state index in [-0.39, 0.29) is 36.1 Å². The van der Waals surface area contributed by atoms with Crippen molar-refractivity contribution < 1.29 is 18.0 Å². The number of carbonyl (C=O) groups excluding carboxylic acids is 1. The van der Waals surface area contributed by atoms with E-state index in [0.717, 1.165) is 12.1 Å². The average molecular weight is 414 g/mol. The minimum atomic E-state index is -4.44. The molecule has 2 N–H and O–H groups in total. The van der Waals surface area contributed by atoms with E-state index >= 15 is 0 Å². The molecule has 0 radical (unpaired) electrons. The number of halogens is 6. The summed E-state index contributed by atoms with van der Waals surface area (Å²) in [5.74, 6) is -0.470. The van der Waals surface area contributed by atoms with Gasteiger partial charge in [-0.25, -0.2) is 0 Å². The summed E-state index contributed by atoms with van der Waals surface area (Å²) in [4.78, 5) is 13.9. The Balaban J connectivity index is 0.00000312. The summed E-state index contributed by atoms with van der Waals surface area (Å²) in [5, 5.41) is 0.526. The highest BCUT2D eigenvalue weighted by Crippen LogP contribution is 2.31. The first kappa shape index (κ1) is 21.6. The van der Waals surface area contributed by atoms with Gasteiger partial charge in [0, 0.05) is 23.8 Å². The quantitative estimate of drug-likeness (QED) is 0.763. The van der Waals surface area contributed by atoms with Gasteiger partial charge in [0.1, 0.15) is 0 Å². The number of rotatable bonds is 4. The number of carbonyl (C=O) groups is 1. The Morgan fingerprint density at radius 1 is 1.08 bits per heavy atom. The molecule has 2 aromatic rings. The van der Waals surface area contributed by atoms with Crippen LogP contribution >= 0.6 is 35.6 Å². The number of amides is 1. The Morgan fingerprint density at radius 2 is 1.68 bits per heavy atom. The molecule has 0 saturated heterocycles. The van der Waals surface area contributed by atoms with E-state index in [1.807, 2.05) is 0 Å². The largest absolute Gasteiger partial charge is 0.416 e. The molecular formula is C16H14Cl3F3N2O. The van der Waals surface area contributed by atoms with Crippen molar-refractivity contribution in [3.63, 3.8) is 0 Å². The lowest BCUT2D eigenvalue weighted by molar-refractivity contribution is -0.137. The molecular weight excluding hydrogens is 400 g/mol. The monoisotopic (exact) mass is 412 g/mol. The van der Waals surface area contributed by atoms with E-state index < -0.39 is 17.6 Å². The van der Waals surface area contributed by atoms with Crippen LogP contribution in [0.1, 0.15) is 15.9 Å². The average Bonchev–Trinajstić information content (AvgIpc) is 2.51. The third kappa shape index (κ3) is 5.25. The second-order valence-electron chi connectivity index (χ2n) is 4.91. The summed E-state index contributed by atoms with van der Waals surface area (Å²) < 4.78 is 38.0. The number of hydrogen-bond acceptors (Lipinski definition) is 2. The van der Waals surface area contributed by atoms with Gasteiger partial charge in [-0.05, 0) is 42.5 Å². The summed E-state index contributed by atoms with van der Waals surface area (Å²) in [5.41, 5.74) is 5.21. The first-order valence-electron chi connectivity index (χ1n) is 6.88. The Morgan fingerprint density at radius 3 is 2.16 bits per heavy atom. The molecule has 1 amide bonds. The molecule has 0 saturated carbocycles. The van der Waals surface area contributed by atoms with E-state index in [4.69, 9.17) is 28.9 Å². The first-order chi connectivity index (χ1) is 11.2. The Hall–Kier alpha value is -1.47. The normalized spacial score (nSPS) is 11.0. The topological polar surface area (TPSA) is 46.3 Å². The summed E-state index contributed by atoms with van der Waals surface area (Å²) in [6.07, 6.45) is -4.44. The van der Waals surface area contributed by atoms with Crippen LogP contribution in [0.5, 0.6) is 0 Å². The van der Waals surface area contributed by atoms with Gasteiger partial charge < -0.3 is 10.6 Å². The number of alkyl halides is 3. The smallest absolute Gasteiger partial charge is 0.329 e. The lowest BCUT2D eigenvalue weighted by atomic mass is 10.1. The van der Waals surface area contributed by atoms with Crippen LogP contribution in [0, 0.1) is 0 Å². The van der Waals surface area contributed by atoms with Crippen molar-refractivity contribution in [3.8, 4) is 0 Å². The van der Waals surface area contributed by atoms with Crippen LogP contribution < -0.4 is 10.6 Å². The van der Waals surface area contributed by atoms with Crippen LogP contribution in [0.15, 0.2) is 42.5 Å². The number of anilines is 1. The van der Waals surface area contributed by atoms with Crippen LogP contribution in [0.25, 0.3) is 0 Å². The number of nitrogens with zero attached hydrogens (tertiary/aromatic N) is 1. The molecule has 0 aliphatic carbocycles. The Kier molecular flexibility index (Phi) is 7.56. The summed E-state index contributed by atoms with van der Waals surface area (Å²) in [6, 6.07) is 8.66. The van der Waals surface area contributed by atoms with Crippen molar-refractivity contribution in [2.24, 2.45) is 5.73 Å². The zero-order valence-electron chi connectivity index (χ0n) is 12.7. The highest BCUT2D eigenvalue weighted by molar-refractivity contribution is 6.37. The SMILES string of the molecule is Cl.NCCN(C(=O)c1ccc(Cl)cc1Cl)c1ccc(C(F)(F)F)cc1. The summed E-state index contributed by atoms with van der Waals surface area (Å²) in [6.45, 7) is 0.265. The second-order valence-corrected chi connectivity index (χ2v) is 5.76. The van der Waals surface area contributed by atoms with E-state index in [0.29, 0.717) is 10.7 Å². The van der Waals surface area contributed by atoms with Gasteiger partial charge in [-0.1, -0.05) is 23.2 Å². The molecule has 2 rings (SSSR count). The zero-order valence-corrected chi connectivity index (χ0v) is 15.0. The third-order valence-electron chi connectivity index (χ3n) is 3.27. The lowest BCUT2D eigenvalue weighted by Crippen LogP contribution is -2.35. The molecule has 0 bridgehead atoms. The molecule has 0 spiro atoms. The second kappa shape index (κ2) is 8.76. The van der Waals surface area contributed by atoms with Crippen LogP contribution in [0.4, 0.5) is 18.9 Å². The van der Waals surface area contributed by atoms with Crippen molar-refractivity contribution >= 4 is 47.2 Å². The van der Waals surface area contributed by atoms with Gasteiger partial charge in [0.15, 0.2) is 0 Å². The maximum absolute atomic E-state index is 12.7. The molecule has 2 aromatic carbocycles. The van der Waals surface area contributed by atoms with Gasteiger partial charge in [-0.2, -0.15) is 13.2 Å². The predicted octanol–water partition coefficient (Wildman–Crippen LogP) is 5.04. The lowest BCUT2D eigenvalue weighted by Gasteiger charge is -2.23. The van der Waals surface area contributed by atoms with Gasteiger partial charge in [0.25, 0.3) is 5.91 Å². The fraction of sp³-hybridized carbons (Fsp3) is 0.188. The van der Waals surface area contributed by atoms with Crippen molar-refractivity contribution in [1.29, 1.82) is 0 Å². The van der Waals surface area contributed by atoms with Crippen molar-refractivity contribution in [1.82, 2.24) is 0 Å². The minimum Gasteiger partial charge on any atom is -0.329 e. The first-order valence-corrected chi connectivity index (χ1v) is 7.64. The van der Waals surface area contributed by atoms with Gasteiger partial charge in [-0.3, -0.25) is 4.79 Å². The van der Waals surface area contributed by atoms with Gasteiger partial charge in [0.05, 0.1) is 16.1 Å². The minimum absolute atomic E-state index is 0. The maximum Gasteiger partial charge on any atom is 0.416 e. The number of benzene rings is 2. The van der Waals surface area contributed by atoms with Crippen LogP contribution in [0.2, 0.25) is 10.0 Å². The molecule has 3 nitrogen and oxygen atoms in total. The van der Waals surface area contributed by atoms with Crippen LogP contribution in [-0.4, -0.2) is 19.0 Å². The zero-order chi connectivity index (χ0) is 17.9. The fourth-order valence-corrected chi connectivity index (χ4v) is 2.61. The molecule has 0 aromatic heterocycles. The van der Waals surface area contributed by atoms with Gasteiger partial charge in [0.2, 0.25) is 0 Å². The van der Waals surface area contributed by atoms with E-state index in [1.165, 1.54) is 35.2 Å². The van der Waals surface area contributed by atoms with Gasteiger partial charge >= 0.3 is 6.18 Å². The molecule has 0 fully saturated rings. The molecule has 0 aliphatic rings. The van der Waals surface area contributed by atoms with E-state index in [2.05, 4.69) is 0 Å².